The van der Waals surface area contributed by atoms with Gasteiger partial charge in [-0.25, -0.2) is 4.52 Å². The Labute approximate surface area is 75.2 Å². The van der Waals surface area contributed by atoms with E-state index in [1.165, 1.54) is 0 Å². The molecule has 0 fully saturated rings. The lowest BCUT2D eigenvalue weighted by atomic mass is 10.1. The van der Waals surface area contributed by atoms with Gasteiger partial charge in [-0.3, -0.25) is 4.79 Å². The third kappa shape index (κ3) is 1.24. The molecule has 13 heavy (non-hydrogen) atoms. The summed E-state index contributed by atoms with van der Waals surface area (Å²) < 4.78 is 1.68. The molecule has 0 bridgehead atoms. The predicted octanol–water partition coefficient (Wildman–Crippen LogP) is 1.15. The van der Waals surface area contributed by atoms with E-state index in [0.29, 0.717) is 5.69 Å². The summed E-state index contributed by atoms with van der Waals surface area (Å²) in [6, 6.07) is 1.57. The molecule has 2 heterocycles. The minimum absolute atomic E-state index is 0.00236. The molecule has 0 radical (unpaired) electrons. The van der Waals surface area contributed by atoms with Gasteiger partial charge < -0.3 is 4.98 Å². The molecule has 68 valence electrons. The van der Waals surface area contributed by atoms with Gasteiger partial charge in [0.2, 0.25) is 5.43 Å². The number of aromatic nitrogens is 3. The maximum Gasteiger partial charge on any atom is 0.205 e. The van der Waals surface area contributed by atoms with Crippen molar-refractivity contribution in [1.82, 2.24) is 14.6 Å². The molecule has 0 unspecified atom stereocenters. The van der Waals surface area contributed by atoms with Crippen molar-refractivity contribution >= 4 is 5.65 Å². The van der Waals surface area contributed by atoms with E-state index in [9.17, 15) is 4.79 Å². The first-order valence-electron chi connectivity index (χ1n) is 4.25. The van der Waals surface area contributed by atoms with Crippen LogP contribution in [0.15, 0.2) is 23.3 Å². The molecule has 0 spiro atoms. The van der Waals surface area contributed by atoms with Gasteiger partial charge in [-0.2, -0.15) is 5.10 Å². The maximum atomic E-state index is 11.5. The lowest BCUT2D eigenvalue weighted by Crippen LogP contribution is -2.14. The Balaban J connectivity index is 2.77. The second-order valence-corrected chi connectivity index (χ2v) is 3.34. The highest BCUT2D eigenvalue weighted by molar-refractivity contribution is 5.36. The highest BCUT2D eigenvalue weighted by Crippen LogP contribution is 2.06. The molecule has 0 aliphatic rings. The average Bonchev–Trinajstić information content (AvgIpc) is 2.48. The molecule has 2 aromatic heterocycles. The lowest BCUT2D eigenvalue weighted by molar-refractivity contribution is 0.753. The van der Waals surface area contributed by atoms with Gasteiger partial charge in [-0.1, -0.05) is 13.8 Å². The van der Waals surface area contributed by atoms with E-state index in [-0.39, 0.29) is 11.3 Å². The van der Waals surface area contributed by atoms with Gasteiger partial charge in [0.1, 0.15) is 11.3 Å². The second kappa shape index (κ2) is 2.73. The van der Waals surface area contributed by atoms with Gasteiger partial charge in [0, 0.05) is 24.4 Å². The molecule has 2 rings (SSSR count). The first-order chi connectivity index (χ1) is 6.18. The van der Waals surface area contributed by atoms with Gasteiger partial charge >= 0.3 is 0 Å². The lowest BCUT2D eigenvalue weighted by Gasteiger charge is -2.02. The summed E-state index contributed by atoms with van der Waals surface area (Å²) in [6.07, 6.45) is 3.55. The van der Waals surface area contributed by atoms with E-state index in [0.717, 1.165) is 5.65 Å². The number of aromatic amines is 1. The van der Waals surface area contributed by atoms with Crippen molar-refractivity contribution in [3.63, 3.8) is 0 Å². The Morgan fingerprint density at radius 1 is 1.54 bits per heavy atom. The van der Waals surface area contributed by atoms with Crippen LogP contribution in [0.3, 0.4) is 0 Å². The monoisotopic (exact) mass is 177 g/mol. The van der Waals surface area contributed by atoms with Gasteiger partial charge in [0.25, 0.3) is 0 Å². The first kappa shape index (κ1) is 8.04. The van der Waals surface area contributed by atoms with E-state index in [4.69, 9.17) is 0 Å². The Kier molecular flexibility index (Phi) is 1.69. The Hall–Kier alpha value is -1.58. The number of hydrogen-bond acceptors (Lipinski definition) is 2. The van der Waals surface area contributed by atoms with Crippen LogP contribution in [0.4, 0.5) is 0 Å². The van der Waals surface area contributed by atoms with E-state index in [2.05, 4.69) is 10.1 Å². The van der Waals surface area contributed by atoms with Crippen LogP contribution < -0.4 is 5.43 Å². The normalized spacial score (nSPS) is 11.3. The maximum absolute atomic E-state index is 11.5. The van der Waals surface area contributed by atoms with Gasteiger partial charge in [-0.15, -0.1) is 0 Å². The third-order valence-electron chi connectivity index (χ3n) is 1.98. The van der Waals surface area contributed by atoms with Crippen LogP contribution in [-0.2, 0) is 0 Å². The van der Waals surface area contributed by atoms with Gasteiger partial charge in [-0.05, 0) is 0 Å². The standard InChI is InChI=1S/C9H11N3O/c1-6(2)9-7(13)5-8-10-3-4-12(8)11-9/h3-6,10H,1-2H3. The third-order valence-corrected chi connectivity index (χ3v) is 1.98. The minimum Gasteiger partial charge on any atom is -0.345 e. The van der Waals surface area contributed by atoms with Crippen LogP contribution in [0.1, 0.15) is 25.5 Å². The minimum atomic E-state index is -0.00236. The molecule has 4 heteroatoms. The van der Waals surface area contributed by atoms with Crippen LogP contribution in [-0.4, -0.2) is 14.6 Å². The topological polar surface area (TPSA) is 50.2 Å². The molecule has 0 amide bonds. The fourth-order valence-electron chi connectivity index (χ4n) is 1.30. The van der Waals surface area contributed by atoms with Crippen molar-refractivity contribution in [3.8, 4) is 0 Å². The summed E-state index contributed by atoms with van der Waals surface area (Å²) in [5, 5.41) is 4.21. The van der Waals surface area contributed by atoms with Crippen molar-refractivity contribution in [1.29, 1.82) is 0 Å². The Bertz CT molecular complexity index is 481. The van der Waals surface area contributed by atoms with E-state index < -0.39 is 0 Å². The number of fused-ring (bicyclic) bond motifs is 1. The number of rotatable bonds is 1. The van der Waals surface area contributed by atoms with Crippen LogP contribution in [0, 0.1) is 0 Å². The largest absolute Gasteiger partial charge is 0.345 e. The molecule has 4 nitrogen and oxygen atoms in total. The quantitative estimate of drug-likeness (QED) is 0.710. The molecule has 1 N–H and O–H groups in total. The van der Waals surface area contributed by atoms with Crippen molar-refractivity contribution in [2.24, 2.45) is 0 Å². The molecule has 0 aliphatic carbocycles. The Morgan fingerprint density at radius 2 is 2.31 bits per heavy atom. The molecular weight excluding hydrogens is 166 g/mol. The number of imidazole rings is 1. The van der Waals surface area contributed by atoms with Crippen LogP contribution >= 0.6 is 0 Å². The van der Waals surface area contributed by atoms with Gasteiger partial charge in [0.15, 0.2) is 0 Å². The van der Waals surface area contributed by atoms with Crippen LogP contribution in [0.2, 0.25) is 0 Å². The fourth-order valence-corrected chi connectivity index (χ4v) is 1.30. The second-order valence-electron chi connectivity index (χ2n) is 3.34. The first-order valence-corrected chi connectivity index (χ1v) is 4.25. The summed E-state index contributed by atoms with van der Waals surface area (Å²) in [5.41, 5.74) is 1.34. The summed E-state index contributed by atoms with van der Waals surface area (Å²) in [5.74, 6) is 0.166. The van der Waals surface area contributed by atoms with Gasteiger partial charge in [0.05, 0.1) is 0 Å². The molecule has 0 aromatic carbocycles. The summed E-state index contributed by atoms with van der Waals surface area (Å²) in [4.78, 5) is 14.4. The van der Waals surface area contributed by atoms with Crippen molar-refractivity contribution in [2.45, 2.75) is 19.8 Å². The van der Waals surface area contributed by atoms with Crippen molar-refractivity contribution in [2.75, 3.05) is 0 Å². The molecule has 0 saturated carbocycles. The molecular formula is C9H11N3O. The van der Waals surface area contributed by atoms with Crippen molar-refractivity contribution in [3.05, 3.63) is 34.4 Å². The number of nitrogens with zero attached hydrogens (tertiary/aromatic N) is 2. The number of nitrogens with one attached hydrogen (secondary N) is 1. The van der Waals surface area contributed by atoms with Crippen LogP contribution in [0.25, 0.3) is 5.65 Å². The highest BCUT2D eigenvalue weighted by Gasteiger charge is 2.07. The summed E-state index contributed by atoms with van der Waals surface area (Å²) in [6.45, 7) is 3.92. The molecule has 0 aliphatic heterocycles. The molecule has 2 aromatic rings. The smallest absolute Gasteiger partial charge is 0.205 e. The van der Waals surface area contributed by atoms with E-state index in [1.807, 2.05) is 13.8 Å². The number of H-pyrrole nitrogens is 1. The number of hydrogen-bond donors (Lipinski definition) is 1. The predicted molar refractivity (Wildman–Crippen MR) is 49.9 cm³/mol. The summed E-state index contributed by atoms with van der Waals surface area (Å²) >= 11 is 0. The zero-order valence-corrected chi connectivity index (χ0v) is 7.61. The van der Waals surface area contributed by atoms with Crippen LogP contribution in [0.5, 0.6) is 0 Å². The molecule has 0 saturated heterocycles. The Morgan fingerprint density at radius 3 is 3.00 bits per heavy atom. The SMILES string of the molecule is CC(C)c1nn2cc[nH]c2cc1=O. The average molecular weight is 177 g/mol. The zero-order valence-electron chi connectivity index (χ0n) is 7.61. The highest BCUT2D eigenvalue weighted by atomic mass is 16.1. The van der Waals surface area contributed by atoms with Crippen molar-refractivity contribution < 1.29 is 0 Å². The molecule has 0 atom stereocenters. The zero-order chi connectivity index (χ0) is 9.42. The van der Waals surface area contributed by atoms with E-state index in [1.54, 1.807) is 23.0 Å². The summed E-state index contributed by atoms with van der Waals surface area (Å²) in [7, 11) is 0. The van der Waals surface area contributed by atoms with E-state index >= 15 is 0 Å². The fraction of sp³-hybridized carbons (Fsp3) is 0.333.